The van der Waals surface area contributed by atoms with Crippen LogP contribution in [0.4, 0.5) is 0 Å². The number of hydrogen-bond donors (Lipinski definition) is 1. The Labute approximate surface area is 155 Å². The highest BCUT2D eigenvalue weighted by Gasteiger charge is 2.17. The van der Waals surface area contributed by atoms with Crippen LogP contribution in [0.5, 0.6) is 0 Å². The highest BCUT2D eigenvalue weighted by Crippen LogP contribution is 2.37. The van der Waals surface area contributed by atoms with Crippen LogP contribution < -0.4 is 5.56 Å². The van der Waals surface area contributed by atoms with E-state index in [1.165, 1.54) is 11.8 Å². The number of thioether (sulfide) groups is 1. The van der Waals surface area contributed by atoms with Crippen molar-refractivity contribution in [2.75, 3.05) is 6.61 Å². The fraction of sp³-hybridized carbons (Fsp3) is 0.263. The Hall–Kier alpha value is -1.82. The molecule has 1 atom stereocenters. The third-order valence-electron chi connectivity index (χ3n) is 3.99. The molecule has 3 aromatic rings. The summed E-state index contributed by atoms with van der Waals surface area (Å²) >= 11 is 7.80. The van der Waals surface area contributed by atoms with E-state index in [0.717, 1.165) is 5.56 Å². The normalized spacial score (nSPS) is 12.4. The number of halogens is 1. The topological polar surface area (TPSA) is 55.1 Å². The van der Waals surface area contributed by atoms with Crippen LogP contribution in [0.1, 0.15) is 24.2 Å². The Morgan fingerprint density at radius 3 is 2.68 bits per heavy atom. The molecule has 0 radical (unpaired) electrons. The van der Waals surface area contributed by atoms with Gasteiger partial charge in [0, 0.05) is 23.4 Å². The van der Waals surface area contributed by atoms with Crippen molar-refractivity contribution in [2.45, 2.75) is 30.3 Å². The van der Waals surface area contributed by atoms with E-state index < -0.39 is 0 Å². The van der Waals surface area contributed by atoms with Crippen molar-refractivity contribution in [3.05, 3.63) is 69.5 Å². The van der Waals surface area contributed by atoms with Gasteiger partial charge in [-0.05, 0) is 37.1 Å². The largest absolute Gasteiger partial charge is 0.396 e. The van der Waals surface area contributed by atoms with Gasteiger partial charge in [-0.3, -0.25) is 9.36 Å². The third kappa shape index (κ3) is 3.89. The molecule has 0 aliphatic carbocycles. The maximum Gasteiger partial charge on any atom is 0.262 e. The molecule has 4 nitrogen and oxygen atoms in total. The summed E-state index contributed by atoms with van der Waals surface area (Å²) in [5.41, 5.74) is 1.61. The Bertz CT molecular complexity index is 942. The molecular formula is C19H19ClN2O2S. The summed E-state index contributed by atoms with van der Waals surface area (Å²) in [6.07, 6.45) is 0.508. The summed E-state index contributed by atoms with van der Waals surface area (Å²) in [7, 11) is 0. The van der Waals surface area contributed by atoms with Crippen LogP contribution in [0.15, 0.2) is 58.5 Å². The van der Waals surface area contributed by atoms with Crippen LogP contribution in [0.3, 0.4) is 0 Å². The summed E-state index contributed by atoms with van der Waals surface area (Å²) in [5, 5.41) is 11.1. The fourth-order valence-corrected chi connectivity index (χ4v) is 4.16. The van der Waals surface area contributed by atoms with Gasteiger partial charge in [0.1, 0.15) is 0 Å². The van der Waals surface area contributed by atoms with E-state index in [1.54, 1.807) is 10.6 Å². The number of para-hydroxylation sites is 1. The average Bonchev–Trinajstić information content (AvgIpc) is 2.62. The smallest absolute Gasteiger partial charge is 0.262 e. The molecule has 0 saturated carbocycles. The van der Waals surface area contributed by atoms with Crippen LogP contribution in [-0.4, -0.2) is 21.3 Å². The third-order valence-corrected chi connectivity index (χ3v) is 5.47. The van der Waals surface area contributed by atoms with E-state index in [-0.39, 0.29) is 17.4 Å². The Balaban J connectivity index is 2.04. The number of nitrogens with zero attached hydrogens (tertiary/aromatic N) is 2. The SMILES string of the molecule is CC(Sc1nc2ccccc2c(=O)n1CCCO)c1ccccc1Cl. The summed E-state index contributed by atoms with van der Waals surface area (Å²) in [6.45, 7) is 2.51. The van der Waals surface area contributed by atoms with E-state index >= 15 is 0 Å². The minimum Gasteiger partial charge on any atom is -0.396 e. The lowest BCUT2D eigenvalue weighted by Gasteiger charge is -2.17. The molecule has 2 aromatic carbocycles. The van der Waals surface area contributed by atoms with Crippen LogP contribution in [0.25, 0.3) is 10.9 Å². The molecule has 0 spiro atoms. The highest BCUT2D eigenvalue weighted by molar-refractivity contribution is 7.99. The lowest BCUT2D eigenvalue weighted by Crippen LogP contribution is -2.24. The van der Waals surface area contributed by atoms with Gasteiger partial charge in [0.05, 0.1) is 10.9 Å². The predicted molar refractivity (Wildman–Crippen MR) is 103 cm³/mol. The number of hydrogen-bond acceptors (Lipinski definition) is 4. The first-order chi connectivity index (χ1) is 12.1. The number of aliphatic hydroxyl groups excluding tert-OH is 1. The second kappa shape index (κ2) is 8.04. The molecule has 0 fully saturated rings. The number of benzene rings is 2. The van der Waals surface area contributed by atoms with Crippen molar-refractivity contribution in [3.63, 3.8) is 0 Å². The number of fused-ring (bicyclic) bond motifs is 1. The molecule has 130 valence electrons. The molecule has 25 heavy (non-hydrogen) atoms. The van der Waals surface area contributed by atoms with Crippen molar-refractivity contribution in [2.24, 2.45) is 0 Å². The van der Waals surface area contributed by atoms with Crippen molar-refractivity contribution >= 4 is 34.3 Å². The predicted octanol–water partition coefficient (Wildman–Crippen LogP) is 4.29. The zero-order valence-electron chi connectivity index (χ0n) is 13.9. The molecule has 1 N–H and O–H groups in total. The minimum absolute atomic E-state index is 0.0312. The molecule has 0 saturated heterocycles. The second-order valence-corrected chi connectivity index (χ2v) is 7.44. The molecule has 0 amide bonds. The van der Waals surface area contributed by atoms with Crippen molar-refractivity contribution < 1.29 is 5.11 Å². The van der Waals surface area contributed by atoms with Crippen molar-refractivity contribution in [1.82, 2.24) is 9.55 Å². The van der Waals surface area contributed by atoms with E-state index in [4.69, 9.17) is 16.7 Å². The van der Waals surface area contributed by atoms with E-state index in [0.29, 0.717) is 34.0 Å². The fourth-order valence-electron chi connectivity index (χ4n) is 2.69. The Morgan fingerprint density at radius 1 is 1.20 bits per heavy atom. The molecule has 1 heterocycles. The van der Waals surface area contributed by atoms with Gasteiger partial charge in [-0.1, -0.05) is 53.7 Å². The van der Waals surface area contributed by atoms with Gasteiger partial charge < -0.3 is 5.11 Å². The maximum absolute atomic E-state index is 12.8. The van der Waals surface area contributed by atoms with Crippen molar-refractivity contribution in [1.29, 1.82) is 0 Å². The summed E-state index contributed by atoms with van der Waals surface area (Å²) in [4.78, 5) is 17.5. The Kier molecular flexibility index (Phi) is 5.78. The standard InChI is InChI=1S/C19H19ClN2O2S/c1-13(14-7-2-4-9-16(14)20)25-19-21-17-10-5-3-8-15(17)18(24)22(19)11-6-12-23/h2-5,7-10,13,23H,6,11-12H2,1H3. The van der Waals surface area contributed by atoms with Crippen LogP contribution in [-0.2, 0) is 6.54 Å². The van der Waals surface area contributed by atoms with Crippen LogP contribution in [0.2, 0.25) is 5.02 Å². The van der Waals surface area contributed by atoms with Crippen molar-refractivity contribution in [3.8, 4) is 0 Å². The minimum atomic E-state index is -0.0760. The molecule has 3 rings (SSSR count). The van der Waals surface area contributed by atoms with Gasteiger partial charge in [0.2, 0.25) is 0 Å². The Morgan fingerprint density at radius 2 is 1.92 bits per heavy atom. The number of aliphatic hydroxyl groups is 1. The molecule has 0 aliphatic rings. The van der Waals surface area contributed by atoms with Gasteiger partial charge in [-0.15, -0.1) is 0 Å². The average molecular weight is 375 g/mol. The lowest BCUT2D eigenvalue weighted by atomic mass is 10.2. The van der Waals surface area contributed by atoms with E-state index in [2.05, 4.69) is 4.98 Å². The highest BCUT2D eigenvalue weighted by atomic mass is 35.5. The molecule has 6 heteroatoms. The number of aromatic nitrogens is 2. The lowest BCUT2D eigenvalue weighted by molar-refractivity contribution is 0.276. The number of rotatable bonds is 6. The van der Waals surface area contributed by atoms with Crippen LogP contribution >= 0.6 is 23.4 Å². The first-order valence-electron chi connectivity index (χ1n) is 8.13. The van der Waals surface area contributed by atoms with Gasteiger partial charge in [0.25, 0.3) is 5.56 Å². The monoisotopic (exact) mass is 374 g/mol. The van der Waals surface area contributed by atoms with Gasteiger partial charge in [0.15, 0.2) is 5.16 Å². The van der Waals surface area contributed by atoms with Crippen LogP contribution in [0, 0.1) is 0 Å². The second-order valence-electron chi connectivity index (χ2n) is 5.73. The first kappa shape index (κ1) is 18.0. The summed E-state index contributed by atoms with van der Waals surface area (Å²) in [5.74, 6) is 0. The summed E-state index contributed by atoms with van der Waals surface area (Å²) < 4.78 is 1.65. The zero-order chi connectivity index (χ0) is 17.8. The zero-order valence-corrected chi connectivity index (χ0v) is 15.4. The first-order valence-corrected chi connectivity index (χ1v) is 9.39. The van der Waals surface area contributed by atoms with E-state index in [9.17, 15) is 4.79 Å². The van der Waals surface area contributed by atoms with Gasteiger partial charge in [-0.2, -0.15) is 0 Å². The molecule has 1 aromatic heterocycles. The van der Waals surface area contributed by atoms with E-state index in [1.807, 2.05) is 49.4 Å². The molecule has 0 bridgehead atoms. The molecule has 0 aliphatic heterocycles. The quantitative estimate of drug-likeness (QED) is 0.516. The van der Waals surface area contributed by atoms with Gasteiger partial charge >= 0.3 is 0 Å². The van der Waals surface area contributed by atoms with Gasteiger partial charge in [-0.25, -0.2) is 4.98 Å². The summed E-state index contributed by atoms with van der Waals surface area (Å²) in [6, 6.07) is 15.0. The molecule has 1 unspecified atom stereocenters. The maximum atomic E-state index is 12.8. The molecular weight excluding hydrogens is 356 g/mol.